The molecular weight excluding hydrogens is 333 g/mol. The Morgan fingerprint density at radius 2 is 1.60 bits per heavy atom. The van der Waals surface area contributed by atoms with Gasteiger partial charge in [-0.25, -0.2) is 4.79 Å². The molecule has 0 heterocycles. The first-order chi connectivity index (χ1) is 11.6. The fourth-order valence-corrected chi connectivity index (χ4v) is 2.51. The Bertz CT molecular complexity index is 727. The molecule has 2 amide bonds. The third kappa shape index (κ3) is 4.51. The van der Waals surface area contributed by atoms with Crippen LogP contribution in [-0.2, 0) is 5.60 Å². The zero-order valence-corrected chi connectivity index (χ0v) is 13.8. The first kappa shape index (κ1) is 18.8. The first-order valence-corrected chi connectivity index (χ1v) is 7.59. The van der Waals surface area contributed by atoms with Crippen LogP contribution in [0.2, 0.25) is 0 Å². The lowest BCUT2D eigenvalue weighted by atomic mass is 9.93. The van der Waals surface area contributed by atoms with Crippen LogP contribution < -0.4 is 10.6 Å². The Labute approximate surface area is 143 Å². The first-order valence-electron chi connectivity index (χ1n) is 7.59. The zero-order valence-electron chi connectivity index (χ0n) is 13.8. The highest BCUT2D eigenvalue weighted by Crippen LogP contribution is 2.38. The van der Waals surface area contributed by atoms with E-state index in [9.17, 15) is 23.1 Å². The Balaban J connectivity index is 2.12. The van der Waals surface area contributed by atoms with Gasteiger partial charge in [0.05, 0.1) is 6.54 Å². The minimum Gasteiger partial charge on any atom is -0.375 e. The molecule has 1 atom stereocenters. The number of aryl methyl sites for hydroxylation is 2. The highest BCUT2D eigenvalue weighted by molar-refractivity contribution is 5.89. The van der Waals surface area contributed by atoms with Gasteiger partial charge in [-0.3, -0.25) is 0 Å². The van der Waals surface area contributed by atoms with Gasteiger partial charge in [0, 0.05) is 5.69 Å². The van der Waals surface area contributed by atoms with Gasteiger partial charge in [-0.15, -0.1) is 0 Å². The molecule has 3 N–H and O–H groups in total. The number of aliphatic hydroxyl groups is 1. The second-order valence-corrected chi connectivity index (χ2v) is 5.91. The maximum absolute atomic E-state index is 13.4. The van der Waals surface area contributed by atoms with Gasteiger partial charge < -0.3 is 15.7 Å². The van der Waals surface area contributed by atoms with Crippen LogP contribution in [0, 0.1) is 13.8 Å². The normalized spacial score (nSPS) is 13.8. The number of benzene rings is 2. The molecule has 2 aromatic carbocycles. The Hall–Kier alpha value is -2.54. The maximum Gasteiger partial charge on any atom is 0.423 e. The summed E-state index contributed by atoms with van der Waals surface area (Å²) in [7, 11) is 0. The molecule has 0 saturated carbocycles. The van der Waals surface area contributed by atoms with Gasteiger partial charge in [0.2, 0.25) is 5.60 Å². The molecule has 2 aromatic rings. The largest absolute Gasteiger partial charge is 0.423 e. The number of amides is 2. The van der Waals surface area contributed by atoms with Crippen molar-refractivity contribution in [2.24, 2.45) is 0 Å². The predicted molar refractivity (Wildman–Crippen MR) is 89.3 cm³/mol. The fourth-order valence-electron chi connectivity index (χ4n) is 2.51. The van der Waals surface area contributed by atoms with Crippen molar-refractivity contribution in [3.63, 3.8) is 0 Å². The summed E-state index contributed by atoms with van der Waals surface area (Å²) in [6, 6.07) is 11.1. The van der Waals surface area contributed by atoms with Crippen LogP contribution in [0.1, 0.15) is 16.7 Å². The summed E-state index contributed by atoms with van der Waals surface area (Å²) in [5, 5.41) is 14.7. The smallest absolute Gasteiger partial charge is 0.375 e. The standard InChI is InChI=1S/C18H19F3N2O2/c1-12-8-13(2)10-15(9-12)23-16(24)22-11-17(25,18(19,20)21)14-6-4-3-5-7-14/h3-10,25H,11H2,1-2H3,(H2,22,23,24). The molecule has 0 aliphatic heterocycles. The third-order valence-corrected chi connectivity index (χ3v) is 3.70. The summed E-state index contributed by atoms with van der Waals surface area (Å²) < 4.78 is 40.1. The van der Waals surface area contributed by atoms with Crippen LogP contribution in [-0.4, -0.2) is 23.9 Å². The van der Waals surface area contributed by atoms with E-state index in [2.05, 4.69) is 10.6 Å². The SMILES string of the molecule is Cc1cc(C)cc(NC(=O)NCC(O)(c2ccccc2)C(F)(F)F)c1. The summed E-state index contributed by atoms with van der Waals surface area (Å²) in [5.41, 5.74) is -1.23. The molecule has 2 rings (SSSR count). The van der Waals surface area contributed by atoms with Crippen molar-refractivity contribution in [2.75, 3.05) is 11.9 Å². The average Bonchev–Trinajstić information content (AvgIpc) is 2.51. The molecule has 1 unspecified atom stereocenters. The van der Waals surface area contributed by atoms with Crippen molar-refractivity contribution in [2.45, 2.75) is 25.6 Å². The van der Waals surface area contributed by atoms with Crippen LogP contribution in [0.25, 0.3) is 0 Å². The molecule has 25 heavy (non-hydrogen) atoms. The van der Waals surface area contributed by atoms with Crippen molar-refractivity contribution in [1.29, 1.82) is 0 Å². The van der Waals surface area contributed by atoms with Gasteiger partial charge in [-0.05, 0) is 42.7 Å². The van der Waals surface area contributed by atoms with Crippen molar-refractivity contribution >= 4 is 11.7 Å². The van der Waals surface area contributed by atoms with E-state index in [0.717, 1.165) is 23.3 Å². The minimum atomic E-state index is -4.94. The molecule has 0 aliphatic carbocycles. The number of nitrogens with one attached hydrogen (secondary N) is 2. The van der Waals surface area contributed by atoms with Crippen molar-refractivity contribution in [3.05, 3.63) is 65.2 Å². The van der Waals surface area contributed by atoms with E-state index in [1.165, 1.54) is 12.1 Å². The lowest BCUT2D eigenvalue weighted by Crippen LogP contribution is -2.51. The number of hydrogen-bond donors (Lipinski definition) is 3. The molecule has 0 fully saturated rings. The number of carbonyl (C=O) groups excluding carboxylic acids is 1. The molecule has 134 valence electrons. The second kappa shape index (κ2) is 7.14. The van der Waals surface area contributed by atoms with Gasteiger partial charge >= 0.3 is 12.2 Å². The van der Waals surface area contributed by atoms with Crippen molar-refractivity contribution in [3.8, 4) is 0 Å². The van der Waals surface area contributed by atoms with E-state index in [1.54, 1.807) is 18.2 Å². The molecule has 0 saturated heterocycles. The third-order valence-electron chi connectivity index (χ3n) is 3.70. The number of urea groups is 1. The van der Waals surface area contributed by atoms with E-state index in [-0.39, 0.29) is 5.56 Å². The fraction of sp³-hybridized carbons (Fsp3) is 0.278. The molecule has 4 nitrogen and oxygen atoms in total. The number of alkyl halides is 3. The monoisotopic (exact) mass is 352 g/mol. The summed E-state index contributed by atoms with van der Waals surface area (Å²) in [6.45, 7) is 2.68. The number of halogens is 3. The van der Waals surface area contributed by atoms with Gasteiger partial charge in [0.25, 0.3) is 0 Å². The zero-order chi connectivity index (χ0) is 18.7. The number of carbonyl (C=O) groups is 1. The lowest BCUT2D eigenvalue weighted by molar-refractivity contribution is -0.263. The number of anilines is 1. The quantitative estimate of drug-likeness (QED) is 0.782. The number of rotatable bonds is 4. The van der Waals surface area contributed by atoms with E-state index in [1.807, 2.05) is 19.9 Å². The minimum absolute atomic E-state index is 0.339. The van der Waals surface area contributed by atoms with Crippen LogP contribution in [0.3, 0.4) is 0 Å². The average molecular weight is 352 g/mol. The summed E-state index contributed by atoms with van der Waals surface area (Å²) >= 11 is 0. The van der Waals surface area contributed by atoms with Gasteiger partial charge in [-0.1, -0.05) is 36.4 Å². The molecule has 0 spiro atoms. The predicted octanol–water partition coefficient (Wildman–Crippen LogP) is 3.88. The molecule has 0 aliphatic rings. The van der Waals surface area contributed by atoms with E-state index in [0.29, 0.717) is 5.69 Å². The molecular formula is C18H19F3N2O2. The summed E-state index contributed by atoms with van der Waals surface area (Å²) in [5.74, 6) is 0. The van der Waals surface area contributed by atoms with E-state index < -0.39 is 24.4 Å². The topological polar surface area (TPSA) is 61.4 Å². The molecule has 0 aromatic heterocycles. The molecule has 0 radical (unpaired) electrons. The van der Waals surface area contributed by atoms with Crippen LogP contribution in [0.5, 0.6) is 0 Å². The molecule has 7 heteroatoms. The maximum atomic E-state index is 13.4. The Kier molecular flexibility index (Phi) is 5.37. The Morgan fingerprint density at radius 1 is 1.04 bits per heavy atom. The van der Waals surface area contributed by atoms with Crippen LogP contribution >= 0.6 is 0 Å². The lowest BCUT2D eigenvalue weighted by Gasteiger charge is -2.31. The molecule has 0 bridgehead atoms. The second-order valence-electron chi connectivity index (χ2n) is 5.91. The number of hydrogen-bond acceptors (Lipinski definition) is 2. The van der Waals surface area contributed by atoms with E-state index >= 15 is 0 Å². The van der Waals surface area contributed by atoms with Crippen LogP contribution in [0.15, 0.2) is 48.5 Å². The Morgan fingerprint density at radius 3 is 2.12 bits per heavy atom. The van der Waals surface area contributed by atoms with Crippen molar-refractivity contribution < 1.29 is 23.1 Å². The van der Waals surface area contributed by atoms with Gasteiger partial charge in [0.15, 0.2) is 0 Å². The van der Waals surface area contributed by atoms with Crippen LogP contribution in [0.4, 0.5) is 23.7 Å². The highest BCUT2D eigenvalue weighted by Gasteiger charge is 2.55. The van der Waals surface area contributed by atoms with Gasteiger partial charge in [0.1, 0.15) is 0 Å². The summed E-state index contributed by atoms with van der Waals surface area (Å²) in [6.07, 6.45) is -4.94. The van der Waals surface area contributed by atoms with E-state index in [4.69, 9.17) is 0 Å². The highest BCUT2D eigenvalue weighted by atomic mass is 19.4. The van der Waals surface area contributed by atoms with Gasteiger partial charge in [-0.2, -0.15) is 13.2 Å². The van der Waals surface area contributed by atoms with Crippen molar-refractivity contribution in [1.82, 2.24) is 5.32 Å². The summed E-state index contributed by atoms with van der Waals surface area (Å²) in [4.78, 5) is 11.9.